The van der Waals surface area contributed by atoms with E-state index in [0.29, 0.717) is 18.4 Å². The van der Waals surface area contributed by atoms with Crippen molar-refractivity contribution in [3.8, 4) is 10.8 Å². The van der Waals surface area contributed by atoms with Crippen LogP contribution in [0, 0.1) is 6.92 Å². The molecule has 1 amide bonds. The number of rotatable bonds is 4. The number of carbonyl (C=O) groups excluding carboxylic acids is 1. The number of aryl methyl sites for hydroxylation is 1. The number of oxazole rings is 1. The summed E-state index contributed by atoms with van der Waals surface area (Å²) in [5.41, 5.74) is 0.745. The second kappa shape index (κ2) is 6.62. The quantitative estimate of drug-likeness (QED) is 0.940. The Morgan fingerprint density at radius 2 is 2.27 bits per heavy atom. The molecule has 0 bridgehead atoms. The van der Waals surface area contributed by atoms with Crippen LogP contribution in [-0.4, -0.2) is 42.0 Å². The Balaban J connectivity index is 1.68. The van der Waals surface area contributed by atoms with Crippen LogP contribution in [0.25, 0.3) is 10.8 Å². The minimum atomic E-state index is 0.112. The van der Waals surface area contributed by atoms with E-state index in [2.05, 4.69) is 10.3 Å². The van der Waals surface area contributed by atoms with Crippen LogP contribution in [0.15, 0.2) is 21.9 Å². The highest BCUT2D eigenvalue weighted by Crippen LogP contribution is 2.26. The van der Waals surface area contributed by atoms with Crippen molar-refractivity contribution in [2.75, 3.05) is 20.1 Å². The molecule has 1 aliphatic heterocycles. The summed E-state index contributed by atoms with van der Waals surface area (Å²) in [7, 11) is 1.90. The largest absolute Gasteiger partial charge is 0.440 e. The third kappa shape index (κ3) is 3.23. The lowest BCUT2D eigenvalue weighted by atomic mass is 10.0. The molecular weight excluding hydrogens is 298 g/mol. The average molecular weight is 319 g/mol. The second-order valence-corrected chi connectivity index (χ2v) is 6.61. The minimum Gasteiger partial charge on any atom is -0.440 e. The van der Waals surface area contributed by atoms with E-state index in [0.717, 1.165) is 42.3 Å². The zero-order valence-electron chi connectivity index (χ0n) is 13.0. The maximum Gasteiger partial charge on any atom is 0.236 e. The fourth-order valence-electron chi connectivity index (χ4n) is 2.76. The van der Waals surface area contributed by atoms with Gasteiger partial charge in [0.05, 0.1) is 17.0 Å². The van der Waals surface area contributed by atoms with Crippen LogP contribution in [0.3, 0.4) is 0 Å². The molecule has 5 nitrogen and oxygen atoms in total. The number of hydrogen-bond donors (Lipinski definition) is 1. The molecule has 3 heterocycles. The summed E-state index contributed by atoms with van der Waals surface area (Å²) in [5.74, 6) is 1.45. The summed E-state index contributed by atoms with van der Waals surface area (Å²) in [6.45, 7) is 3.83. The number of nitrogens with one attached hydrogen (secondary N) is 1. The molecule has 1 N–H and O–H groups in total. The first-order valence-corrected chi connectivity index (χ1v) is 8.49. The van der Waals surface area contributed by atoms with Crippen molar-refractivity contribution in [3.63, 3.8) is 0 Å². The van der Waals surface area contributed by atoms with Crippen LogP contribution in [-0.2, 0) is 11.2 Å². The van der Waals surface area contributed by atoms with Crippen molar-refractivity contribution < 1.29 is 9.21 Å². The second-order valence-electron chi connectivity index (χ2n) is 5.66. The van der Waals surface area contributed by atoms with Gasteiger partial charge < -0.3 is 14.6 Å². The Kier molecular flexibility index (Phi) is 4.59. The first-order chi connectivity index (χ1) is 10.6. The summed E-state index contributed by atoms with van der Waals surface area (Å²) in [4.78, 5) is 19.9. The third-order valence-corrected chi connectivity index (χ3v) is 5.05. The van der Waals surface area contributed by atoms with Crippen molar-refractivity contribution in [2.45, 2.75) is 32.2 Å². The Bertz CT molecular complexity index is 630. The molecule has 3 rings (SSSR count). The standard InChI is InChI=1S/C16H21N3O2S/c1-11-13(18-16(21-11)14-4-3-9-22-14)10-15(20)19(2)12-5-7-17-8-6-12/h3-4,9,12,17H,5-8,10H2,1-2H3. The van der Waals surface area contributed by atoms with E-state index in [1.165, 1.54) is 0 Å². The van der Waals surface area contributed by atoms with E-state index in [-0.39, 0.29) is 5.91 Å². The first kappa shape index (κ1) is 15.2. The number of piperidine rings is 1. The number of carbonyl (C=O) groups is 1. The van der Waals surface area contributed by atoms with Crippen molar-refractivity contribution in [1.82, 2.24) is 15.2 Å². The maximum absolute atomic E-state index is 12.5. The Morgan fingerprint density at radius 3 is 2.95 bits per heavy atom. The summed E-state index contributed by atoms with van der Waals surface area (Å²) in [6, 6.07) is 4.27. The molecule has 0 radical (unpaired) electrons. The predicted molar refractivity (Wildman–Crippen MR) is 86.9 cm³/mol. The molecule has 1 aliphatic rings. The van der Waals surface area contributed by atoms with E-state index in [1.54, 1.807) is 11.3 Å². The summed E-state index contributed by atoms with van der Waals surface area (Å²) in [5, 5.41) is 5.31. The lowest BCUT2D eigenvalue weighted by Gasteiger charge is -2.31. The van der Waals surface area contributed by atoms with Crippen molar-refractivity contribution in [3.05, 3.63) is 29.0 Å². The molecule has 6 heteroatoms. The van der Waals surface area contributed by atoms with E-state index in [4.69, 9.17) is 4.42 Å². The van der Waals surface area contributed by atoms with Crippen molar-refractivity contribution >= 4 is 17.2 Å². The minimum absolute atomic E-state index is 0.112. The molecule has 1 fully saturated rings. The van der Waals surface area contributed by atoms with Gasteiger partial charge in [-0.25, -0.2) is 4.98 Å². The Hall–Kier alpha value is -1.66. The first-order valence-electron chi connectivity index (χ1n) is 7.61. The van der Waals surface area contributed by atoms with Crippen molar-refractivity contribution in [1.29, 1.82) is 0 Å². The summed E-state index contributed by atoms with van der Waals surface area (Å²) >= 11 is 1.59. The van der Waals surface area contributed by atoms with Gasteiger partial charge >= 0.3 is 0 Å². The summed E-state index contributed by atoms with van der Waals surface area (Å²) < 4.78 is 5.70. The van der Waals surface area contributed by atoms with Crippen LogP contribution >= 0.6 is 11.3 Å². The van der Waals surface area contributed by atoms with Gasteiger partial charge in [-0.15, -0.1) is 11.3 Å². The molecule has 0 spiro atoms. The van der Waals surface area contributed by atoms with Gasteiger partial charge in [-0.1, -0.05) is 6.07 Å². The van der Waals surface area contributed by atoms with Gasteiger partial charge in [0.15, 0.2) is 0 Å². The topological polar surface area (TPSA) is 58.4 Å². The lowest BCUT2D eigenvalue weighted by molar-refractivity contribution is -0.131. The molecule has 1 saturated heterocycles. The molecule has 0 atom stereocenters. The highest BCUT2D eigenvalue weighted by atomic mass is 32.1. The number of likely N-dealkylation sites (N-methyl/N-ethyl adjacent to an activating group) is 1. The third-order valence-electron chi connectivity index (χ3n) is 4.19. The highest BCUT2D eigenvalue weighted by molar-refractivity contribution is 7.13. The smallest absolute Gasteiger partial charge is 0.236 e. The van der Waals surface area contributed by atoms with Crippen LogP contribution in [0.2, 0.25) is 0 Å². The zero-order valence-corrected chi connectivity index (χ0v) is 13.8. The SMILES string of the molecule is Cc1oc(-c2cccs2)nc1CC(=O)N(C)C1CCNCC1. The van der Waals surface area contributed by atoms with E-state index in [1.807, 2.05) is 36.4 Å². The molecule has 118 valence electrons. The van der Waals surface area contributed by atoms with E-state index < -0.39 is 0 Å². The van der Waals surface area contributed by atoms with Crippen LogP contribution in [0.4, 0.5) is 0 Å². The van der Waals surface area contributed by atoms with Gasteiger partial charge in [0.1, 0.15) is 5.76 Å². The van der Waals surface area contributed by atoms with Crippen LogP contribution < -0.4 is 5.32 Å². The maximum atomic E-state index is 12.5. The molecule has 22 heavy (non-hydrogen) atoms. The molecule has 0 aliphatic carbocycles. The summed E-state index contributed by atoms with van der Waals surface area (Å²) in [6.07, 6.45) is 2.34. The molecule has 0 aromatic carbocycles. The molecule has 0 unspecified atom stereocenters. The van der Waals surface area contributed by atoms with Crippen LogP contribution in [0.5, 0.6) is 0 Å². The predicted octanol–water partition coefficient (Wildman–Crippen LogP) is 2.46. The fraction of sp³-hybridized carbons (Fsp3) is 0.500. The lowest BCUT2D eigenvalue weighted by Crippen LogP contribution is -2.44. The normalized spacial score (nSPS) is 15.9. The van der Waals surface area contributed by atoms with Gasteiger partial charge in [-0.2, -0.15) is 0 Å². The van der Waals surface area contributed by atoms with Gasteiger partial charge in [0.2, 0.25) is 11.8 Å². The van der Waals surface area contributed by atoms with Crippen molar-refractivity contribution in [2.24, 2.45) is 0 Å². The number of nitrogens with zero attached hydrogens (tertiary/aromatic N) is 2. The van der Waals surface area contributed by atoms with Gasteiger partial charge in [-0.05, 0) is 44.3 Å². The Labute approximate surface area is 134 Å². The average Bonchev–Trinajstić information content (AvgIpc) is 3.18. The van der Waals surface area contributed by atoms with E-state index in [9.17, 15) is 4.79 Å². The van der Waals surface area contributed by atoms with Gasteiger partial charge in [-0.3, -0.25) is 4.79 Å². The van der Waals surface area contributed by atoms with Gasteiger partial charge in [0.25, 0.3) is 0 Å². The highest BCUT2D eigenvalue weighted by Gasteiger charge is 2.24. The number of hydrogen-bond acceptors (Lipinski definition) is 5. The molecule has 2 aromatic heterocycles. The zero-order chi connectivity index (χ0) is 15.5. The van der Waals surface area contributed by atoms with Gasteiger partial charge in [0, 0.05) is 13.1 Å². The molecule has 0 saturated carbocycles. The number of aromatic nitrogens is 1. The Morgan fingerprint density at radius 1 is 1.50 bits per heavy atom. The molecule has 2 aromatic rings. The number of amides is 1. The van der Waals surface area contributed by atoms with Crippen LogP contribution in [0.1, 0.15) is 24.3 Å². The number of thiophene rings is 1. The molecular formula is C16H21N3O2S. The van der Waals surface area contributed by atoms with E-state index >= 15 is 0 Å². The monoisotopic (exact) mass is 319 g/mol. The fourth-order valence-corrected chi connectivity index (χ4v) is 3.41.